The van der Waals surface area contributed by atoms with Crippen molar-refractivity contribution in [2.24, 2.45) is 7.05 Å². The van der Waals surface area contributed by atoms with Crippen LogP contribution in [0, 0.1) is 0 Å². The van der Waals surface area contributed by atoms with Gasteiger partial charge in [-0.15, -0.1) is 0 Å². The smallest absolute Gasteiger partial charge is 0.300 e. The SMILES string of the molecule is COc1nc(N)c(N[C@@H]2O[C@H](CO)[C@@H](O)[C@H]2O)c(=O)n1C. The normalized spacial score (nSPS) is 28.6. The van der Waals surface area contributed by atoms with Gasteiger partial charge in [-0.05, 0) is 0 Å². The average Bonchev–Trinajstić information content (AvgIpc) is 2.74. The van der Waals surface area contributed by atoms with Crippen LogP contribution in [0.25, 0.3) is 0 Å². The van der Waals surface area contributed by atoms with E-state index in [4.69, 9.17) is 20.3 Å². The molecule has 0 unspecified atom stereocenters. The molecule has 6 N–H and O–H groups in total. The van der Waals surface area contributed by atoms with Crippen molar-refractivity contribution in [3.63, 3.8) is 0 Å². The van der Waals surface area contributed by atoms with E-state index in [1.54, 1.807) is 0 Å². The zero-order valence-corrected chi connectivity index (χ0v) is 11.6. The first-order valence-corrected chi connectivity index (χ1v) is 6.20. The van der Waals surface area contributed by atoms with E-state index in [0.29, 0.717) is 0 Å². The quantitative estimate of drug-likeness (QED) is 0.397. The lowest BCUT2D eigenvalue weighted by atomic mass is 10.1. The summed E-state index contributed by atoms with van der Waals surface area (Å²) in [4.78, 5) is 16.0. The fourth-order valence-corrected chi connectivity index (χ4v) is 2.08. The summed E-state index contributed by atoms with van der Waals surface area (Å²) in [5, 5.41) is 31.1. The fourth-order valence-electron chi connectivity index (χ4n) is 2.08. The van der Waals surface area contributed by atoms with Crippen LogP contribution in [0.2, 0.25) is 0 Å². The molecule has 2 rings (SSSR count). The molecular formula is C11H18N4O6. The second-order valence-electron chi connectivity index (χ2n) is 4.63. The van der Waals surface area contributed by atoms with Crippen molar-refractivity contribution in [2.45, 2.75) is 24.5 Å². The third-order valence-corrected chi connectivity index (χ3v) is 3.29. The second kappa shape index (κ2) is 5.85. The Morgan fingerprint density at radius 2 is 2.14 bits per heavy atom. The van der Waals surface area contributed by atoms with Crippen LogP contribution in [0.4, 0.5) is 11.5 Å². The Kier molecular flexibility index (Phi) is 4.32. The number of ether oxygens (including phenoxy) is 2. The van der Waals surface area contributed by atoms with Gasteiger partial charge in [0.2, 0.25) is 0 Å². The van der Waals surface area contributed by atoms with Crippen molar-refractivity contribution < 1.29 is 24.8 Å². The lowest BCUT2D eigenvalue weighted by Gasteiger charge is -2.19. The molecule has 1 aromatic heterocycles. The number of aliphatic hydroxyl groups is 3. The number of methoxy groups -OCH3 is 1. The van der Waals surface area contributed by atoms with Gasteiger partial charge in [0.05, 0.1) is 13.7 Å². The Hall–Kier alpha value is -1.88. The number of hydrogen-bond donors (Lipinski definition) is 5. The number of aromatic nitrogens is 2. The molecule has 10 nitrogen and oxygen atoms in total. The largest absolute Gasteiger partial charge is 0.468 e. The molecular weight excluding hydrogens is 284 g/mol. The van der Waals surface area contributed by atoms with Crippen LogP contribution in [0.3, 0.4) is 0 Å². The summed E-state index contributed by atoms with van der Waals surface area (Å²) in [6.45, 7) is -0.467. The Morgan fingerprint density at radius 1 is 1.48 bits per heavy atom. The minimum absolute atomic E-state index is 0.0317. The lowest BCUT2D eigenvalue weighted by Crippen LogP contribution is -2.38. The van der Waals surface area contributed by atoms with Gasteiger partial charge in [-0.2, -0.15) is 4.98 Å². The topological polar surface area (TPSA) is 152 Å². The summed E-state index contributed by atoms with van der Waals surface area (Å²) in [6.07, 6.45) is -4.65. The molecule has 1 aliphatic rings. The summed E-state index contributed by atoms with van der Waals surface area (Å²) in [5.41, 5.74) is 5.06. The lowest BCUT2D eigenvalue weighted by molar-refractivity contribution is -0.0153. The summed E-state index contributed by atoms with van der Waals surface area (Å²) < 4.78 is 11.2. The molecule has 0 amide bonds. The highest BCUT2D eigenvalue weighted by atomic mass is 16.6. The van der Waals surface area contributed by atoms with E-state index in [0.717, 1.165) is 4.57 Å². The predicted octanol–water partition coefficient (Wildman–Crippen LogP) is -2.78. The van der Waals surface area contributed by atoms with E-state index in [-0.39, 0.29) is 17.5 Å². The number of nitrogens with one attached hydrogen (secondary N) is 1. The number of nitrogen functional groups attached to an aromatic ring is 1. The van der Waals surface area contributed by atoms with Gasteiger partial charge in [0, 0.05) is 7.05 Å². The molecule has 0 saturated carbocycles. The second-order valence-corrected chi connectivity index (χ2v) is 4.63. The van der Waals surface area contributed by atoms with E-state index in [2.05, 4.69) is 10.3 Å². The fraction of sp³-hybridized carbons (Fsp3) is 0.636. The van der Waals surface area contributed by atoms with Gasteiger partial charge in [0.1, 0.15) is 24.0 Å². The molecule has 1 fully saturated rings. The van der Waals surface area contributed by atoms with Crippen molar-refractivity contribution in [1.82, 2.24) is 9.55 Å². The molecule has 2 heterocycles. The highest BCUT2D eigenvalue weighted by Crippen LogP contribution is 2.24. The maximum Gasteiger partial charge on any atom is 0.300 e. The minimum atomic E-state index is -1.33. The van der Waals surface area contributed by atoms with Crippen LogP contribution in [-0.4, -0.2) is 63.1 Å². The Morgan fingerprint density at radius 3 is 2.67 bits per heavy atom. The number of rotatable bonds is 4. The van der Waals surface area contributed by atoms with Crippen LogP contribution in [0.1, 0.15) is 0 Å². The highest BCUT2D eigenvalue weighted by molar-refractivity contribution is 5.61. The minimum Gasteiger partial charge on any atom is -0.468 e. The van der Waals surface area contributed by atoms with E-state index in [9.17, 15) is 15.0 Å². The van der Waals surface area contributed by atoms with Crippen LogP contribution in [0.5, 0.6) is 6.01 Å². The van der Waals surface area contributed by atoms with Gasteiger partial charge in [-0.1, -0.05) is 0 Å². The molecule has 0 bridgehead atoms. The van der Waals surface area contributed by atoms with Crippen LogP contribution < -0.4 is 21.3 Å². The first-order chi connectivity index (χ1) is 9.90. The Balaban J connectivity index is 2.29. The molecule has 0 aromatic carbocycles. The van der Waals surface area contributed by atoms with Crippen LogP contribution in [-0.2, 0) is 11.8 Å². The summed E-state index contributed by atoms with van der Waals surface area (Å²) in [6, 6.07) is 0.0317. The average molecular weight is 302 g/mol. The molecule has 21 heavy (non-hydrogen) atoms. The maximum absolute atomic E-state index is 12.1. The van der Waals surface area contributed by atoms with Crippen molar-refractivity contribution in [2.75, 3.05) is 24.8 Å². The highest BCUT2D eigenvalue weighted by Gasteiger charge is 2.42. The van der Waals surface area contributed by atoms with Crippen molar-refractivity contribution in [3.8, 4) is 6.01 Å². The molecule has 4 atom stereocenters. The molecule has 0 spiro atoms. The molecule has 0 radical (unpaired) electrons. The zero-order valence-electron chi connectivity index (χ0n) is 11.6. The summed E-state index contributed by atoms with van der Waals surface area (Å²) >= 11 is 0. The van der Waals surface area contributed by atoms with Crippen molar-refractivity contribution >= 4 is 11.5 Å². The Bertz CT molecular complexity index is 577. The summed E-state index contributed by atoms with van der Waals surface area (Å²) in [7, 11) is 2.79. The number of anilines is 2. The molecule has 10 heteroatoms. The van der Waals surface area contributed by atoms with Gasteiger partial charge in [-0.25, -0.2) is 0 Å². The van der Waals surface area contributed by atoms with Crippen molar-refractivity contribution in [1.29, 1.82) is 0 Å². The number of nitrogens with zero attached hydrogens (tertiary/aromatic N) is 2. The molecule has 1 saturated heterocycles. The van der Waals surface area contributed by atoms with E-state index in [1.807, 2.05) is 0 Å². The molecule has 0 aliphatic carbocycles. The number of aliphatic hydroxyl groups excluding tert-OH is 3. The van der Waals surface area contributed by atoms with Gasteiger partial charge >= 0.3 is 6.01 Å². The zero-order chi connectivity index (χ0) is 15.7. The molecule has 1 aromatic rings. The van der Waals surface area contributed by atoms with E-state index in [1.165, 1.54) is 14.2 Å². The number of hydrogen-bond acceptors (Lipinski definition) is 9. The first kappa shape index (κ1) is 15.5. The van der Waals surface area contributed by atoms with Crippen molar-refractivity contribution in [3.05, 3.63) is 10.4 Å². The van der Waals surface area contributed by atoms with Gasteiger partial charge in [0.15, 0.2) is 12.0 Å². The first-order valence-electron chi connectivity index (χ1n) is 6.20. The van der Waals surface area contributed by atoms with E-state index < -0.39 is 36.7 Å². The van der Waals surface area contributed by atoms with Crippen LogP contribution >= 0.6 is 0 Å². The molecule has 1 aliphatic heterocycles. The third-order valence-electron chi connectivity index (χ3n) is 3.29. The van der Waals surface area contributed by atoms with Gasteiger partial charge < -0.3 is 35.8 Å². The predicted molar refractivity (Wildman–Crippen MR) is 71.8 cm³/mol. The third kappa shape index (κ3) is 2.65. The maximum atomic E-state index is 12.1. The van der Waals surface area contributed by atoms with Gasteiger partial charge in [-0.3, -0.25) is 9.36 Å². The number of nitrogens with two attached hydrogens (primary N) is 1. The van der Waals surface area contributed by atoms with E-state index >= 15 is 0 Å². The Labute approximate surface area is 119 Å². The molecule has 118 valence electrons. The van der Waals surface area contributed by atoms with Crippen LogP contribution in [0.15, 0.2) is 4.79 Å². The van der Waals surface area contributed by atoms with Gasteiger partial charge in [0.25, 0.3) is 5.56 Å². The monoisotopic (exact) mass is 302 g/mol. The summed E-state index contributed by atoms with van der Waals surface area (Å²) in [5.74, 6) is -0.132. The standard InChI is InChI=1S/C11H18N4O6/c1-15-10(19)5(8(12)14-11(15)20-2)13-9-7(18)6(17)4(3-16)21-9/h4,6-7,9,13,16-18H,3,12H2,1-2H3/t4-,6-,7-,9-/m1/s1.